The summed E-state index contributed by atoms with van der Waals surface area (Å²) in [4.78, 5) is 11.0. The summed E-state index contributed by atoms with van der Waals surface area (Å²) in [5.74, 6) is 0. The van der Waals surface area contributed by atoms with E-state index in [1.54, 1.807) is 6.08 Å². The predicted octanol–water partition coefficient (Wildman–Crippen LogP) is 2.48. The molecule has 3 nitrogen and oxygen atoms in total. The number of para-hydroxylation sites is 1. The molecule has 1 aromatic carbocycles. The molecule has 3 heteroatoms. The Hall–Kier alpha value is -1.77. The van der Waals surface area contributed by atoms with Gasteiger partial charge in [-0.3, -0.25) is 5.32 Å². The number of fused-ring (bicyclic) bond motifs is 1. The van der Waals surface area contributed by atoms with Gasteiger partial charge in [0.15, 0.2) is 0 Å². The highest BCUT2D eigenvalue weighted by atomic mass is 16.6. The molecule has 0 fully saturated rings. The monoisotopic (exact) mass is 175 g/mol. The van der Waals surface area contributed by atoms with Crippen LogP contribution in [0.15, 0.2) is 36.9 Å². The maximum atomic E-state index is 11.0. The third kappa shape index (κ3) is 1.28. The second-order valence-corrected chi connectivity index (χ2v) is 2.77. The molecule has 66 valence electrons. The molecule has 1 amide bonds. The molecule has 0 radical (unpaired) electrons. The van der Waals surface area contributed by atoms with Crippen LogP contribution in [-0.4, -0.2) is 6.09 Å². The molecule has 0 aromatic heterocycles. The smallest absolute Gasteiger partial charge is 0.412 e. The van der Waals surface area contributed by atoms with Gasteiger partial charge in [0, 0.05) is 5.56 Å². The summed E-state index contributed by atoms with van der Waals surface area (Å²) in [6, 6.07) is 7.51. The van der Waals surface area contributed by atoms with E-state index in [0.29, 0.717) is 0 Å². The van der Waals surface area contributed by atoms with Crippen LogP contribution >= 0.6 is 0 Å². The number of nitrogens with one attached hydrogen (secondary N) is 1. The van der Waals surface area contributed by atoms with Gasteiger partial charge in [-0.15, -0.1) is 0 Å². The fourth-order valence-corrected chi connectivity index (χ4v) is 1.35. The zero-order chi connectivity index (χ0) is 9.26. The fourth-order valence-electron chi connectivity index (χ4n) is 1.35. The van der Waals surface area contributed by atoms with Gasteiger partial charge in [0.25, 0.3) is 0 Å². The number of hydrogen-bond donors (Lipinski definition) is 1. The largest absolute Gasteiger partial charge is 0.437 e. The highest BCUT2D eigenvalue weighted by Crippen LogP contribution is 2.30. The summed E-state index contributed by atoms with van der Waals surface area (Å²) in [6.07, 6.45) is 0.853. The average molecular weight is 175 g/mol. The van der Waals surface area contributed by atoms with Crippen LogP contribution in [0.1, 0.15) is 11.7 Å². The molecule has 0 unspecified atom stereocenters. The van der Waals surface area contributed by atoms with Crippen molar-refractivity contribution in [2.75, 3.05) is 5.32 Å². The minimum absolute atomic E-state index is 0.329. The van der Waals surface area contributed by atoms with Crippen molar-refractivity contribution in [3.63, 3.8) is 0 Å². The molecule has 0 spiro atoms. The molecular weight excluding hydrogens is 166 g/mol. The Morgan fingerprint density at radius 2 is 2.23 bits per heavy atom. The van der Waals surface area contributed by atoms with Crippen LogP contribution in [0.2, 0.25) is 0 Å². The summed E-state index contributed by atoms with van der Waals surface area (Å²) in [5, 5.41) is 2.62. The Bertz CT molecular complexity index is 360. The van der Waals surface area contributed by atoms with Crippen LogP contribution in [-0.2, 0) is 4.74 Å². The van der Waals surface area contributed by atoms with Crippen molar-refractivity contribution in [2.24, 2.45) is 0 Å². The number of hydrogen-bond acceptors (Lipinski definition) is 2. The second-order valence-electron chi connectivity index (χ2n) is 2.77. The van der Waals surface area contributed by atoms with Gasteiger partial charge in [0.05, 0.1) is 5.69 Å². The van der Waals surface area contributed by atoms with Gasteiger partial charge in [-0.05, 0) is 12.1 Å². The molecule has 0 saturated carbocycles. The van der Waals surface area contributed by atoms with Crippen LogP contribution in [0.4, 0.5) is 10.5 Å². The molecule has 1 N–H and O–H groups in total. The lowest BCUT2D eigenvalue weighted by Crippen LogP contribution is -2.23. The van der Waals surface area contributed by atoms with Gasteiger partial charge in [-0.1, -0.05) is 24.8 Å². The molecular formula is C10H9NO2. The Kier molecular flexibility index (Phi) is 1.77. The van der Waals surface area contributed by atoms with Crippen molar-refractivity contribution in [1.29, 1.82) is 0 Å². The summed E-state index contributed by atoms with van der Waals surface area (Å²) in [5.41, 5.74) is 1.74. The number of carbonyl (C=O) groups is 1. The average Bonchev–Trinajstić information content (AvgIpc) is 2.16. The number of anilines is 1. The van der Waals surface area contributed by atoms with Crippen molar-refractivity contribution in [3.05, 3.63) is 42.5 Å². The number of ether oxygens (including phenoxy) is 1. The molecule has 2 rings (SSSR count). The molecule has 1 aliphatic rings. The summed E-state index contributed by atoms with van der Waals surface area (Å²) in [6.45, 7) is 3.61. The van der Waals surface area contributed by atoms with Crippen molar-refractivity contribution in [3.8, 4) is 0 Å². The molecule has 0 aliphatic carbocycles. The first-order valence-electron chi connectivity index (χ1n) is 4.00. The molecule has 1 aliphatic heterocycles. The van der Waals surface area contributed by atoms with E-state index in [9.17, 15) is 4.79 Å². The van der Waals surface area contributed by atoms with Crippen molar-refractivity contribution in [2.45, 2.75) is 6.10 Å². The Morgan fingerprint density at radius 3 is 3.00 bits per heavy atom. The Labute approximate surface area is 76.0 Å². The normalized spacial score (nSPS) is 19.7. The minimum Gasteiger partial charge on any atom is -0.437 e. The van der Waals surface area contributed by atoms with Crippen LogP contribution < -0.4 is 5.32 Å². The van der Waals surface area contributed by atoms with E-state index < -0.39 is 6.09 Å². The maximum Gasteiger partial charge on any atom is 0.412 e. The summed E-state index contributed by atoms with van der Waals surface area (Å²) >= 11 is 0. The van der Waals surface area contributed by atoms with Crippen LogP contribution in [0.5, 0.6) is 0 Å². The number of amides is 1. The highest BCUT2D eigenvalue weighted by Gasteiger charge is 2.22. The first-order valence-corrected chi connectivity index (χ1v) is 4.00. The zero-order valence-electron chi connectivity index (χ0n) is 6.99. The Morgan fingerprint density at radius 1 is 1.46 bits per heavy atom. The summed E-state index contributed by atoms with van der Waals surface area (Å²) in [7, 11) is 0. The number of carbonyl (C=O) groups excluding carboxylic acids is 1. The number of rotatable bonds is 1. The van der Waals surface area contributed by atoms with E-state index in [0.717, 1.165) is 11.3 Å². The second kappa shape index (κ2) is 2.94. The number of cyclic esters (lactones) is 1. The SMILES string of the molecule is C=C[C@@H]1OC(=O)Nc2ccccc21. The number of benzene rings is 1. The van der Waals surface area contributed by atoms with Gasteiger partial charge in [0.2, 0.25) is 0 Å². The summed E-state index contributed by atoms with van der Waals surface area (Å²) < 4.78 is 4.99. The molecule has 1 heterocycles. The van der Waals surface area contributed by atoms with Gasteiger partial charge in [0.1, 0.15) is 6.10 Å². The van der Waals surface area contributed by atoms with E-state index >= 15 is 0 Å². The van der Waals surface area contributed by atoms with Crippen molar-refractivity contribution >= 4 is 11.8 Å². The van der Waals surface area contributed by atoms with Crippen LogP contribution in [0.25, 0.3) is 0 Å². The topological polar surface area (TPSA) is 38.3 Å². The van der Waals surface area contributed by atoms with Gasteiger partial charge >= 0.3 is 6.09 Å². The fraction of sp³-hybridized carbons (Fsp3) is 0.100. The molecule has 0 bridgehead atoms. The minimum atomic E-state index is -0.427. The Balaban J connectivity index is 2.48. The maximum absolute atomic E-state index is 11.0. The first kappa shape index (κ1) is 7.86. The standard InChI is InChI=1S/C10H9NO2/c1-2-9-7-5-3-4-6-8(7)11-10(12)13-9/h2-6,9H,1H2,(H,11,12)/t9-/m0/s1. The van der Waals surface area contributed by atoms with Crippen molar-refractivity contribution in [1.82, 2.24) is 0 Å². The molecule has 1 atom stereocenters. The van der Waals surface area contributed by atoms with Crippen molar-refractivity contribution < 1.29 is 9.53 Å². The van der Waals surface area contributed by atoms with Gasteiger partial charge in [-0.2, -0.15) is 0 Å². The van der Waals surface area contributed by atoms with E-state index in [-0.39, 0.29) is 6.10 Å². The lowest BCUT2D eigenvalue weighted by Gasteiger charge is -2.23. The zero-order valence-corrected chi connectivity index (χ0v) is 6.99. The first-order chi connectivity index (χ1) is 6.31. The van der Waals surface area contributed by atoms with E-state index in [1.165, 1.54) is 0 Å². The van der Waals surface area contributed by atoms with Gasteiger partial charge < -0.3 is 4.74 Å². The van der Waals surface area contributed by atoms with Gasteiger partial charge in [-0.25, -0.2) is 4.79 Å². The highest BCUT2D eigenvalue weighted by molar-refractivity contribution is 5.88. The lowest BCUT2D eigenvalue weighted by atomic mass is 10.1. The van der Waals surface area contributed by atoms with Crippen LogP contribution in [0.3, 0.4) is 0 Å². The van der Waals surface area contributed by atoms with E-state index in [4.69, 9.17) is 4.74 Å². The molecule has 0 saturated heterocycles. The molecule has 1 aromatic rings. The lowest BCUT2D eigenvalue weighted by molar-refractivity contribution is 0.130. The quantitative estimate of drug-likeness (QED) is 0.666. The van der Waals surface area contributed by atoms with E-state index in [2.05, 4.69) is 11.9 Å². The van der Waals surface area contributed by atoms with Crippen LogP contribution in [0, 0.1) is 0 Å². The predicted molar refractivity (Wildman–Crippen MR) is 49.5 cm³/mol. The third-order valence-corrected chi connectivity index (χ3v) is 1.95. The van der Waals surface area contributed by atoms with E-state index in [1.807, 2.05) is 24.3 Å². The molecule has 13 heavy (non-hydrogen) atoms. The third-order valence-electron chi connectivity index (χ3n) is 1.95.